The first kappa shape index (κ1) is 12.7. The van der Waals surface area contributed by atoms with Crippen molar-refractivity contribution in [3.05, 3.63) is 22.7 Å². The van der Waals surface area contributed by atoms with Gasteiger partial charge >= 0.3 is 0 Å². The average Bonchev–Trinajstić information content (AvgIpc) is 2.31. The lowest BCUT2D eigenvalue weighted by Gasteiger charge is -2.10. The Morgan fingerprint density at radius 2 is 2.31 bits per heavy atom. The molecule has 90 valence electrons. The van der Waals surface area contributed by atoms with Gasteiger partial charge in [-0.2, -0.15) is 0 Å². The molecule has 1 atom stereocenters. The SMILES string of the molecule is CCC(N)CCNc1nccn(CC)c1=O. The van der Waals surface area contributed by atoms with Crippen molar-refractivity contribution in [2.75, 3.05) is 11.9 Å². The van der Waals surface area contributed by atoms with Gasteiger partial charge in [0.1, 0.15) is 0 Å². The zero-order valence-electron chi connectivity index (χ0n) is 9.94. The first-order valence-electron chi connectivity index (χ1n) is 5.73. The molecule has 0 aliphatic carbocycles. The van der Waals surface area contributed by atoms with Crippen molar-refractivity contribution < 1.29 is 0 Å². The van der Waals surface area contributed by atoms with E-state index < -0.39 is 0 Å². The smallest absolute Gasteiger partial charge is 0.293 e. The summed E-state index contributed by atoms with van der Waals surface area (Å²) in [5.41, 5.74) is 5.71. The third-order valence-electron chi connectivity index (χ3n) is 2.59. The van der Waals surface area contributed by atoms with Crippen molar-refractivity contribution in [3.63, 3.8) is 0 Å². The molecule has 1 rings (SSSR count). The van der Waals surface area contributed by atoms with E-state index in [1.165, 1.54) is 0 Å². The molecular formula is C11H20N4O. The van der Waals surface area contributed by atoms with E-state index in [1.807, 2.05) is 6.92 Å². The van der Waals surface area contributed by atoms with Crippen molar-refractivity contribution in [1.82, 2.24) is 9.55 Å². The van der Waals surface area contributed by atoms with Gasteiger partial charge in [0.05, 0.1) is 0 Å². The van der Waals surface area contributed by atoms with Crippen molar-refractivity contribution in [2.45, 2.75) is 39.3 Å². The number of aromatic nitrogens is 2. The van der Waals surface area contributed by atoms with E-state index in [2.05, 4.69) is 17.2 Å². The van der Waals surface area contributed by atoms with Crippen molar-refractivity contribution in [1.29, 1.82) is 0 Å². The van der Waals surface area contributed by atoms with Crippen LogP contribution in [0.2, 0.25) is 0 Å². The first-order chi connectivity index (χ1) is 7.69. The van der Waals surface area contributed by atoms with Gasteiger partial charge in [-0.25, -0.2) is 4.98 Å². The van der Waals surface area contributed by atoms with Crippen LogP contribution in [0, 0.1) is 0 Å². The summed E-state index contributed by atoms with van der Waals surface area (Å²) in [6.07, 6.45) is 5.11. The van der Waals surface area contributed by atoms with E-state index in [0.717, 1.165) is 12.8 Å². The molecule has 0 bridgehead atoms. The fraction of sp³-hybridized carbons (Fsp3) is 0.636. The van der Waals surface area contributed by atoms with Crippen molar-refractivity contribution in [3.8, 4) is 0 Å². The van der Waals surface area contributed by atoms with Gasteiger partial charge in [-0.3, -0.25) is 4.79 Å². The van der Waals surface area contributed by atoms with Crippen LogP contribution in [0.1, 0.15) is 26.7 Å². The van der Waals surface area contributed by atoms with Crippen LogP contribution in [-0.2, 0) is 6.54 Å². The lowest BCUT2D eigenvalue weighted by atomic mass is 10.2. The van der Waals surface area contributed by atoms with Crippen LogP contribution in [0.25, 0.3) is 0 Å². The minimum atomic E-state index is -0.0740. The Morgan fingerprint density at radius 1 is 1.56 bits per heavy atom. The molecule has 1 unspecified atom stereocenters. The fourth-order valence-electron chi connectivity index (χ4n) is 1.40. The van der Waals surface area contributed by atoms with Crippen LogP contribution in [0.3, 0.4) is 0 Å². The average molecular weight is 224 g/mol. The molecule has 0 aromatic carbocycles. The second-order valence-corrected chi connectivity index (χ2v) is 3.75. The molecule has 1 aromatic heterocycles. The summed E-state index contributed by atoms with van der Waals surface area (Å²) in [6.45, 7) is 5.32. The van der Waals surface area contributed by atoms with Gasteiger partial charge in [-0.1, -0.05) is 6.92 Å². The number of nitrogens with two attached hydrogens (primary N) is 1. The van der Waals surface area contributed by atoms with Gasteiger partial charge in [-0.05, 0) is 19.8 Å². The van der Waals surface area contributed by atoms with E-state index >= 15 is 0 Å². The molecule has 0 aliphatic rings. The van der Waals surface area contributed by atoms with Crippen LogP contribution in [0.5, 0.6) is 0 Å². The fourth-order valence-corrected chi connectivity index (χ4v) is 1.40. The minimum Gasteiger partial charge on any atom is -0.365 e. The molecule has 16 heavy (non-hydrogen) atoms. The van der Waals surface area contributed by atoms with Crippen LogP contribution in [0.4, 0.5) is 5.82 Å². The molecule has 0 aliphatic heterocycles. The molecule has 5 nitrogen and oxygen atoms in total. The van der Waals surface area contributed by atoms with E-state index in [0.29, 0.717) is 18.9 Å². The highest BCUT2D eigenvalue weighted by molar-refractivity contribution is 5.30. The second-order valence-electron chi connectivity index (χ2n) is 3.75. The maximum atomic E-state index is 11.8. The third-order valence-corrected chi connectivity index (χ3v) is 2.59. The summed E-state index contributed by atoms with van der Waals surface area (Å²) >= 11 is 0. The lowest BCUT2D eigenvalue weighted by Crippen LogP contribution is -2.27. The number of hydrogen-bond donors (Lipinski definition) is 2. The Morgan fingerprint density at radius 3 is 2.94 bits per heavy atom. The summed E-state index contributed by atoms with van der Waals surface area (Å²) in [5.74, 6) is 0.410. The van der Waals surface area contributed by atoms with Crippen LogP contribution < -0.4 is 16.6 Å². The molecule has 0 amide bonds. The zero-order valence-corrected chi connectivity index (χ0v) is 9.94. The molecule has 0 saturated carbocycles. The maximum Gasteiger partial charge on any atom is 0.293 e. The number of hydrogen-bond acceptors (Lipinski definition) is 4. The van der Waals surface area contributed by atoms with E-state index in [1.54, 1.807) is 17.0 Å². The Bertz CT molecular complexity index is 374. The highest BCUT2D eigenvalue weighted by Crippen LogP contribution is 1.96. The van der Waals surface area contributed by atoms with Gasteiger partial charge in [0.15, 0.2) is 5.82 Å². The predicted octanol–water partition coefficient (Wildman–Crippen LogP) is 0.802. The summed E-state index contributed by atoms with van der Waals surface area (Å²) in [5, 5.41) is 3.03. The number of aryl methyl sites for hydroxylation is 1. The zero-order chi connectivity index (χ0) is 12.0. The number of nitrogens with zero attached hydrogens (tertiary/aromatic N) is 2. The standard InChI is InChI=1S/C11H20N4O/c1-3-9(12)5-6-13-10-11(16)15(4-2)8-7-14-10/h7-9H,3-6,12H2,1-2H3,(H,13,14). The Balaban J connectivity index is 2.57. The van der Waals surface area contributed by atoms with Gasteiger partial charge in [0.2, 0.25) is 0 Å². The quantitative estimate of drug-likeness (QED) is 0.749. The third kappa shape index (κ3) is 3.34. The molecule has 1 heterocycles. The van der Waals surface area contributed by atoms with E-state index in [9.17, 15) is 4.79 Å². The van der Waals surface area contributed by atoms with E-state index in [-0.39, 0.29) is 11.6 Å². The molecule has 0 saturated heterocycles. The molecule has 0 fully saturated rings. The second kappa shape index (κ2) is 6.27. The number of nitrogens with one attached hydrogen (secondary N) is 1. The van der Waals surface area contributed by atoms with Gasteiger partial charge in [0, 0.05) is 31.5 Å². The van der Waals surface area contributed by atoms with Crippen LogP contribution >= 0.6 is 0 Å². The number of rotatable bonds is 6. The molecular weight excluding hydrogens is 204 g/mol. The molecule has 0 spiro atoms. The van der Waals surface area contributed by atoms with Crippen molar-refractivity contribution in [2.24, 2.45) is 5.73 Å². The Hall–Kier alpha value is -1.36. The van der Waals surface area contributed by atoms with Gasteiger partial charge in [0.25, 0.3) is 5.56 Å². The Labute approximate surface area is 95.7 Å². The predicted molar refractivity (Wildman–Crippen MR) is 65.5 cm³/mol. The highest BCUT2D eigenvalue weighted by Gasteiger charge is 2.04. The Kier molecular flexibility index (Phi) is 4.98. The molecule has 1 aromatic rings. The monoisotopic (exact) mass is 224 g/mol. The van der Waals surface area contributed by atoms with E-state index in [4.69, 9.17) is 5.73 Å². The van der Waals surface area contributed by atoms with Crippen LogP contribution in [-0.4, -0.2) is 22.1 Å². The summed E-state index contributed by atoms with van der Waals surface area (Å²) in [4.78, 5) is 15.8. The maximum absolute atomic E-state index is 11.8. The lowest BCUT2D eigenvalue weighted by molar-refractivity contribution is 0.612. The van der Waals surface area contributed by atoms with Gasteiger partial charge in [-0.15, -0.1) is 0 Å². The molecule has 5 heteroatoms. The minimum absolute atomic E-state index is 0.0740. The van der Waals surface area contributed by atoms with Crippen LogP contribution in [0.15, 0.2) is 17.2 Å². The topological polar surface area (TPSA) is 72.9 Å². The number of anilines is 1. The summed E-state index contributed by atoms with van der Waals surface area (Å²) in [6, 6.07) is 0.185. The molecule has 0 radical (unpaired) electrons. The summed E-state index contributed by atoms with van der Waals surface area (Å²) < 4.78 is 1.62. The van der Waals surface area contributed by atoms with Crippen molar-refractivity contribution >= 4 is 5.82 Å². The van der Waals surface area contributed by atoms with Gasteiger partial charge < -0.3 is 15.6 Å². The first-order valence-corrected chi connectivity index (χ1v) is 5.73. The largest absolute Gasteiger partial charge is 0.365 e. The summed E-state index contributed by atoms with van der Waals surface area (Å²) in [7, 11) is 0. The molecule has 3 N–H and O–H groups in total. The normalized spacial score (nSPS) is 12.4. The highest BCUT2D eigenvalue weighted by atomic mass is 16.1.